The van der Waals surface area contributed by atoms with Gasteiger partial charge in [0.15, 0.2) is 11.5 Å². The van der Waals surface area contributed by atoms with Crippen molar-refractivity contribution >= 4 is 35.0 Å². The smallest absolute Gasteiger partial charge is 0.328 e. The highest BCUT2D eigenvalue weighted by Gasteiger charge is 2.41. The molecule has 1 atom stereocenters. The van der Waals surface area contributed by atoms with E-state index in [1.807, 2.05) is 0 Å². The standard InChI is InChI=1S/C16H17NO6S/c1-9(15(19)23-4)17-14(18)12(24-16(17)20)8-10-6-5-7-11(21-2)13(10)22-3/h5-9H,1-4H3/b12-8+/t9-/m1/s1. The van der Waals surface area contributed by atoms with Crippen LogP contribution in [-0.4, -0.2) is 49.4 Å². The van der Waals surface area contributed by atoms with E-state index in [4.69, 9.17) is 9.47 Å². The van der Waals surface area contributed by atoms with E-state index < -0.39 is 23.2 Å². The summed E-state index contributed by atoms with van der Waals surface area (Å²) in [6.07, 6.45) is 1.54. The molecule has 1 aliphatic rings. The Kier molecular flexibility index (Phi) is 5.50. The van der Waals surface area contributed by atoms with Gasteiger partial charge in [-0.1, -0.05) is 12.1 Å². The van der Waals surface area contributed by atoms with Crippen LogP contribution in [0.5, 0.6) is 11.5 Å². The first-order valence-electron chi connectivity index (χ1n) is 7.00. The molecule has 7 nitrogen and oxygen atoms in total. The van der Waals surface area contributed by atoms with Gasteiger partial charge in [-0.05, 0) is 30.8 Å². The lowest BCUT2D eigenvalue weighted by Crippen LogP contribution is -2.42. The van der Waals surface area contributed by atoms with Gasteiger partial charge in [0, 0.05) is 5.56 Å². The van der Waals surface area contributed by atoms with Gasteiger partial charge in [0.2, 0.25) is 0 Å². The first kappa shape index (κ1) is 17.9. The number of benzene rings is 1. The van der Waals surface area contributed by atoms with Crippen LogP contribution in [0.25, 0.3) is 6.08 Å². The molecule has 0 saturated carbocycles. The van der Waals surface area contributed by atoms with Crippen molar-refractivity contribution in [3.8, 4) is 11.5 Å². The summed E-state index contributed by atoms with van der Waals surface area (Å²) in [6, 6.07) is 4.22. The molecule has 1 aromatic carbocycles. The molecule has 1 fully saturated rings. The van der Waals surface area contributed by atoms with Gasteiger partial charge in [-0.25, -0.2) is 4.79 Å². The second kappa shape index (κ2) is 7.39. The Balaban J connectivity index is 2.38. The predicted molar refractivity (Wildman–Crippen MR) is 88.8 cm³/mol. The Morgan fingerprint density at radius 3 is 2.50 bits per heavy atom. The molecule has 8 heteroatoms. The number of ether oxygens (including phenoxy) is 3. The number of hydrogen-bond acceptors (Lipinski definition) is 7. The van der Waals surface area contributed by atoms with Crippen LogP contribution in [0, 0.1) is 0 Å². The molecule has 0 N–H and O–H groups in total. The number of para-hydroxylation sites is 1. The van der Waals surface area contributed by atoms with Crippen LogP contribution in [-0.2, 0) is 14.3 Å². The minimum atomic E-state index is -0.986. The summed E-state index contributed by atoms with van der Waals surface area (Å²) in [4.78, 5) is 37.2. The number of methoxy groups -OCH3 is 3. The third kappa shape index (κ3) is 3.23. The lowest BCUT2D eigenvalue weighted by atomic mass is 10.1. The maximum Gasteiger partial charge on any atom is 0.328 e. The zero-order chi connectivity index (χ0) is 17.9. The number of rotatable bonds is 5. The second-order valence-electron chi connectivity index (χ2n) is 4.83. The van der Waals surface area contributed by atoms with Gasteiger partial charge >= 0.3 is 5.97 Å². The summed E-state index contributed by atoms with van der Waals surface area (Å²) in [5.74, 6) is -0.244. The van der Waals surface area contributed by atoms with E-state index in [0.29, 0.717) is 17.1 Å². The van der Waals surface area contributed by atoms with Crippen LogP contribution in [0.2, 0.25) is 0 Å². The fraction of sp³-hybridized carbons (Fsp3) is 0.312. The van der Waals surface area contributed by atoms with Crippen LogP contribution < -0.4 is 9.47 Å². The van der Waals surface area contributed by atoms with E-state index in [9.17, 15) is 14.4 Å². The van der Waals surface area contributed by atoms with Gasteiger partial charge < -0.3 is 14.2 Å². The van der Waals surface area contributed by atoms with Gasteiger partial charge in [-0.2, -0.15) is 0 Å². The third-order valence-electron chi connectivity index (χ3n) is 3.47. The average Bonchev–Trinajstić information content (AvgIpc) is 2.86. The minimum Gasteiger partial charge on any atom is -0.493 e. The van der Waals surface area contributed by atoms with Gasteiger partial charge in [0.05, 0.1) is 26.2 Å². The molecule has 0 bridgehead atoms. The highest BCUT2D eigenvalue weighted by molar-refractivity contribution is 8.18. The molecular formula is C16H17NO6S. The summed E-state index contributed by atoms with van der Waals surface area (Å²) in [5.41, 5.74) is 0.591. The molecule has 0 radical (unpaired) electrons. The number of esters is 1. The average molecular weight is 351 g/mol. The summed E-state index contributed by atoms with van der Waals surface area (Å²) < 4.78 is 15.1. The Bertz CT molecular complexity index is 715. The number of carbonyl (C=O) groups excluding carboxylic acids is 3. The van der Waals surface area contributed by atoms with Crippen molar-refractivity contribution in [1.29, 1.82) is 0 Å². The van der Waals surface area contributed by atoms with Gasteiger partial charge in [-0.15, -0.1) is 0 Å². The molecule has 1 heterocycles. The van der Waals surface area contributed by atoms with Crippen molar-refractivity contribution in [2.45, 2.75) is 13.0 Å². The topological polar surface area (TPSA) is 82.1 Å². The van der Waals surface area contributed by atoms with Crippen molar-refractivity contribution in [2.24, 2.45) is 0 Å². The molecule has 1 saturated heterocycles. The monoisotopic (exact) mass is 351 g/mol. The molecule has 0 spiro atoms. The number of amides is 2. The van der Waals surface area contributed by atoms with E-state index in [0.717, 1.165) is 16.7 Å². The van der Waals surface area contributed by atoms with Crippen LogP contribution in [0.15, 0.2) is 23.1 Å². The Hall–Kier alpha value is -2.48. The molecule has 0 aliphatic carbocycles. The van der Waals surface area contributed by atoms with Crippen molar-refractivity contribution in [3.05, 3.63) is 28.7 Å². The number of nitrogens with zero attached hydrogens (tertiary/aromatic N) is 1. The van der Waals surface area contributed by atoms with Crippen molar-refractivity contribution < 1.29 is 28.6 Å². The molecule has 1 aliphatic heterocycles. The molecule has 128 valence electrons. The fourth-order valence-corrected chi connectivity index (χ4v) is 3.16. The lowest BCUT2D eigenvalue weighted by Gasteiger charge is -2.18. The van der Waals surface area contributed by atoms with Crippen LogP contribution >= 0.6 is 11.8 Å². The summed E-state index contributed by atoms with van der Waals surface area (Å²) >= 11 is 0.760. The maximum atomic E-state index is 12.5. The largest absolute Gasteiger partial charge is 0.493 e. The number of carbonyl (C=O) groups is 3. The summed E-state index contributed by atoms with van der Waals surface area (Å²) in [6.45, 7) is 1.44. The highest BCUT2D eigenvalue weighted by atomic mass is 32.2. The number of thioether (sulfide) groups is 1. The van der Waals surface area contributed by atoms with Crippen LogP contribution in [0.4, 0.5) is 4.79 Å². The third-order valence-corrected chi connectivity index (χ3v) is 4.36. The number of hydrogen-bond donors (Lipinski definition) is 0. The first-order chi connectivity index (χ1) is 11.4. The van der Waals surface area contributed by atoms with Gasteiger partial charge in [0.25, 0.3) is 11.1 Å². The van der Waals surface area contributed by atoms with E-state index in [-0.39, 0.29) is 4.91 Å². The summed E-state index contributed by atoms with van der Waals surface area (Å²) in [5, 5.41) is -0.522. The Morgan fingerprint density at radius 2 is 1.92 bits per heavy atom. The van der Waals surface area contributed by atoms with Crippen LogP contribution in [0.1, 0.15) is 12.5 Å². The normalized spacial score (nSPS) is 17.2. The van der Waals surface area contributed by atoms with Crippen molar-refractivity contribution in [2.75, 3.05) is 21.3 Å². The predicted octanol–water partition coefficient (Wildman–Crippen LogP) is 2.30. The van der Waals surface area contributed by atoms with Crippen molar-refractivity contribution in [3.63, 3.8) is 0 Å². The minimum absolute atomic E-state index is 0.197. The number of imide groups is 1. The molecule has 2 rings (SSSR count). The Labute approximate surface area is 143 Å². The fourth-order valence-electron chi connectivity index (χ4n) is 2.26. The van der Waals surface area contributed by atoms with Gasteiger partial charge in [0.1, 0.15) is 6.04 Å². The maximum absolute atomic E-state index is 12.5. The second-order valence-corrected chi connectivity index (χ2v) is 5.83. The van der Waals surface area contributed by atoms with E-state index in [1.54, 1.807) is 18.2 Å². The van der Waals surface area contributed by atoms with E-state index in [2.05, 4.69) is 4.74 Å². The molecule has 0 unspecified atom stereocenters. The lowest BCUT2D eigenvalue weighted by molar-refractivity contribution is -0.148. The zero-order valence-electron chi connectivity index (χ0n) is 13.7. The van der Waals surface area contributed by atoms with Gasteiger partial charge in [-0.3, -0.25) is 14.5 Å². The first-order valence-corrected chi connectivity index (χ1v) is 7.82. The van der Waals surface area contributed by atoms with Crippen LogP contribution in [0.3, 0.4) is 0 Å². The Morgan fingerprint density at radius 1 is 1.21 bits per heavy atom. The molecule has 1 aromatic rings. The van der Waals surface area contributed by atoms with E-state index in [1.165, 1.54) is 34.3 Å². The molecule has 2 amide bonds. The quantitative estimate of drug-likeness (QED) is 0.594. The molecule has 24 heavy (non-hydrogen) atoms. The highest BCUT2D eigenvalue weighted by Crippen LogP contribution is 2.37. The van der Waals surface area contributed by atoms with E-state index >= 15 is 0 Å². The zero-order valence-corrected chi connectivity index (χ0v) is 14.5. The molecule has 0 aromatic heterocycles. The SMILES string of the molecule is COC(=O)[C@@H](C)N1C(=O)S/C(=C/c2cccc(OC)c2OC)C1=O. The summed E-state index contributed by atoms with van der Waals surface area (Å²) in [7, 11) is 4.20. The van der Waals surface area contributed by atoms with Crippen molar-refractivity contribution in [1.82, 2.24) is 4.90 Å². The molecular weight excluding hydrogens is 334 g/mol.